The predicted octanol–water partition coefficient (Wildman–Crippen LogP) is 11.3. The number of aryl methyl sites for hydroxylation is 2. The molecule has 0 spiro atoms. The number of hydrogen-bond donors (Lipinski definition) is 1. The summed E-state index contributed by atoms with van der Waals surface area (Å²) >= 11 is 0. The number of halogens is 7. The van der Waals surface area contributed by atoms with Gasteiger partial charge in [0.1, 0.15) is 0 Å². The first kappa shape index (κ1) is 73.6. The third-order valence-corrected chi connectivity index (χ3v) is 23.9. The molecule has 0 aromatic heterocycles. The average molecular weight is 1370 g/mol. The number of carbonyl (C=O) groups excluding carboxylic acids is 2. The number of rotatable bonds is 14. The van der Waals surface area contributed by atoms with Crippen molar-refractivity contribution in [2.45, 2.75) is 136 Å². The molecule has 8 bridgehead atoms. The predicted molar refractivity (Wildman–Crippen MR) is 322 cm³/mol. The number of carbonyl (C=O) groups is 2. The molecule has 1 N–H and O–H groups in total. The maximum absolute atomic E-state index is 13.1. The fourth-order valence-electron chi connectivity index (χ4n) is 13.9. The monoisotopic (exact) mass is 1370 g/mol. The van der Waals surface area contributed by atoms with E-state index < -0.39 is 82.4 Å². The summed E-state index contributed by atoms with van der Waals surface area (Å²) in [6, 6.07) is 60.8. The summed E-state index contributed by atoms with van der Waals surface area (Å²) in [4.78, 5) is 32.6. The third kappa shape index (κ3) is 19.0. The molecule has 0 amide bonds. The van der Waals surface area contributed by atoms with Gasteiger partial charge in [0.05, 0.1) is 32.6 Å². The van der Waals surface area contributed by atoms with Gasteiger partial charge in [-0.15, -0.1) is 0 Å². The van der Waals surface area contributed by atoms with Crippen molar-refractivity contribution in [3.05, 3.63) is 181 Å². The molecule has 8 aliphatic carbocycles. The molecule has 6 aromatic rings. The zero-order valence-corrected chi connectivity index (χ0v) is 56.1. The summed E-state index contributed by atoms with van der Waals surface area (Å²) in [7, 11) is -17.5. The average Bonchev–Trinajstić information content (AvgIpc) is 0.761. The Morgan fingerprint density at radius 1 is 0.429 bits per heavy atom. The molecular weight excluding hydrogens is 1310 g/mol. The molecule has 0 atom stereocenters. The molecule has 8 fully saturated rings. The number of benzene rings is 6. The minimum absolute atomic E-state index is 0. The molecule has 91 heavy (non-hydrogen) atoms. The van der Waals surface area contributed by atoms with Crippen LogP contribution in [0.1, 0.15) is 88.2 Å². The second kappa shape index (κ2) is 30.3. The first-order valence-corrected chi connectivity index (χ1v) is 35.7. The molecule has 0 unspecified atom stereocenters. The van der Waals surface area contributed by atoms with E-state index in [1.165, 1.54) is 40.5 Å². The Bertz CT molecular complexity index is 3350. The summed E-state index contributed by atoms with van der Waals surface area (Å²) in [5.74, 6) is 1.17. The summed E-state index contributed by atoms with van der Waals surface area (Å²) in [6.07, 6.45) is 10.4. The van der Waals surface area contributed by atoms with E-state index in [2.05, 4.69) is 193 Å². The number of esters is 2. The van der Waals surface area contributed by atoms with Crippen molar-refractivity contribution in [2.24, 2.45) is 46.3 Å². The minimum atomic E-state index is -6.09. The molecule has 0 heterocycles. The van der Waals surface area contributed by atoms with Crippen molar-refractivity contribution in [2.75, 3.05) is 13.2 Å². The smallest absolute Gasteiger partial charge is 0.743 e. The van der Waals surface area contributed by atoms with Gasteiger partial charge in [-0.25, -0.2) is 16.8 Å². The van der Waals surface area contributed by atoms with Gasteiger partial charge in [0.25, 0.3) is 0 Å². The second-order valence-electron chi connectivity index (χ2n) is 24.1. The van der Waals surface area contributed by atoms with Crippen LogP contribution in [0.2, 0.25) is 0 Å². The van der Waals surface area contributed by atoms with Gasteiger partial charge < -0.3 is 18.6 Å². The fourth-order valence-corrected chi connectivity index (χ4v) is 18.4. The van der Waals surface area contributed by atoms with Crippen LogP contribution in [0.3, 0.4) is 0 Å². The Kier molecular flexibility index (Phi) is 24.5. The van der Waals surface area contributed by atoms with E-state index in [4.69, 9.17) is 17.5 Å². The normalized spacial score (nSPS) is 23.7. The van der Waals surface area contributed by atoms with E-state index in [9.17, 15) is 61.7 Å². The Morgan fingerprint density at radius 3 is 0.857 bits per heavy atom. The van der Waals surface area contributed by atoms with E-state index in [0.717, 1.165) is 38.5 Å². The molecule has 6 aromatic carbocycles. The summed E-state index contributed by atoms with van der Waals surface area (Å²) in [5, 5.41) is -9.02. The van der Waals surface area contributed by atoms with E-state index in [0.29, 0.717) is 74.0 Å². The standard InChI is InChI=1S/2C19H17S.2C13H18F2O5S.CHF3O3S.Na/c2*1-16-12-14-19(15-13-16)20(17-8-4-2-5-9-17)18-10-6-3-7-11-18;2*14-13(15,21(17,18)19)7-20-11(16)12-4-8-1-9(5-12)3-10(2-8)6-12;2-1(3,4)8(5,6)7;/h2*2-15H,1H3;2*8-10H,1-7H2,(H,17,18,19);(H,5,6,7);/q2*+1;;;;+1/p-2. The van der Waals surface area contributed by atoms with Crippen LogP contribution in [0.25, 0.3) is 0 Å². The van der Waals surface area contributed by atoms with Gasteiger partial charge in [-0.3, -0.25) is 14.1 Å². The topological polar surface area (TPSA) is 221 Å². The molecule has 0 radical (unpaired) electrons. The van der Waals surface area contributed by atoms with Gasteiger partial charge in [0.15, 0.2) is 62.8 Å². The van der Waals surface area contributed by atoms with Crippen LogP contribution in [-0.2, 0) is 71.2 Å². The zero-order chi connectivity index (χ0) is 65.5. The fraction of sp³-hybridized carbons (Fsp3) is 0.415. The Balaban J connectivity index is 0.000000165. The van der Waals surface area contributed by atoms with Crippen LogP contribution in [0.5, 0.6) is 0 Å². The second-order valence-corrected chi connectivity index (χ2v) is 32.6. The third-order valence-electron chi connectivity index (χ3n) is 17.1. The van der Waals surface area contributed by atoms with Crippen LogP contribution < -0.4 is 29.6 Å². The first-order chi connectivity index (χ1) is 42.2. The SMILES string of the molecule is Cc1ccc([S+](c2ccccc2)c2ccccc2)cc1.Cc1ccc([S+](c2ccccc2)c2ccccc2)cc1.O=C(OCC(F)(F)S(=O)(=O)O)C12CC3CC(CC(C3)C1)C2.O=C(OCC(F)(F)S(=O)(=O)[O-])C12CC3CC(CC(C3)C1)C2.O=S(=O)([O-])C(F)(F)F.[Na+]. The van der Waals surface area contributed by atoms with Gasteiger partial charge in [-0.05, 0) is 199 Å². The molecule has 0 saturated heterocycles. The largest absolute Gasteiger partial charge is 1.00 e. The van der Waals surface area contributed by atoms with Gasteiger partial charge >= 0.3 is 67.6 Å². The molecular formula is C65H69F7NaO13S5+. The molecule has 486 valence electrons. The van der Waals surface area contributed by atoms with Crippen molar-refractivity contribution in [3.8, 4) is 0 Å². The van der Waals surface area contributed by atoms with E-state index in [1.807, 2.05) is 0 Å². The van der Waals surface area contributed by atoms with Gasteiger partial charge in [-0.2, -0.15) is 39.2 Å². The molecule has 13 nitrogen and oxygen atoms in total. The Hall–Kier alpha value is -4.80. The van der Waals surface area contributed by atoms with Crippen molar-refractivity contribution < 1.29 is 118 Å². The van der Waals surface area contributed by atoms with Crippen LogP contribution in [0, 0.1) is 60.2 Å². The van der Waals surface area contributed by atoms with E-state index in [-0.39, 0.29) is 51.3 Å². The zero-order valence-electron chi connectivity index (χ0n) is 50.1. The van der Waals surface area contributed by atoms with E-state index >= 15 is 0 Å². The molecule has 26 heteroatoms. The maximum atomic E-state index is 13.1. The first-order valence-electron chi connectivity index (χ1n) is 29.0. The molecule has 8 saturated carbocycles. The molecule has 8 aliphatic rings. The minimum Gasteiger partial charge on any atom is -0.743 e. The van der Waals surface area contributed by atoms with Crippen LogP contribution in [0.15, 0.2) is 199 Å². The molecule has 14 rings (SSSR count). The van der Waals surface area contributed by atoms with Crippen molar-refractivity contribution in [3.63, 3.8) is 0 Å². The van der Waals surface area contributed by atoms with Crippen molar-refractivity contribution in [1.29, 1.82) is 0 Å². The number of hydrogen-bond acceptors (Lipinski definition) is 12. The summed E-state index contributed by atoms with van der Waals surface area (Å²) in [6.45, 7) is 0.964. The summed E-state index contributed by atoms with van der Waals surface area (Å²) in [5.41, 5.74) is -4.49. The van der Waals surface area contributed by atoms with Crippen LogP contribution in [0.4, 0.5) is 30.7 Å². The Morgan fingerprint density at radius 2 is 0.648 bits per heavy atom. The summed E-state index contributed by atoms with van der Waals surface area (Å²) < 4.78 is 181. The van der Waals surface area contributed by atoms with Gasteiger partial charge in [-0.1, -0.05) is 108 Å². The van der Waals surface area contributed by atoms with Crippen LogP contribution in [-0.4, -0.2) is 80.1 Å². The quantitative estimate of drug-likeness (QED) is 0.0268. The van der Waals surface area contributed by atoms with Crippen molar-refractivity contribution >= 4 is 64.1 Å². The number of alkyl halides is 7. The Labute approximate surface area is 554 Å². The maximum Gasteiger partial charge on any atom is 1.00 e. The molecule has 0 aliphatic heterocycles. The van der Waals surface area contributed by atoms with E-state index in [1.54, 1.807) is 0 Å². The number of ether oxygens (including phenoxy) is 2. The van der Waals surface area contributed by atoms with Crippen molar-refractivity contribution in [1.82, 2.24) is 0 Å². The van der Waals surface area contributed by atoms with Gasteiger partial charge in [0.2, 0.25) is 0 Å². The van der Waals surface area contributed by atoms with Gasteiger partial charge in [0, 0.05) is 0 Å². The van der Waals surface area contributed by atoms with Crippen LogP contribution >= 0.6 is 0 Å².